The summed E-state index contributed by atoms with van der Waals surface area (Å²) in [4.78, 5) is 22.7. The van der Waals surface area contributed by atoms with Gasteiger partial charge in [0.15, 0.2) is 0 Å². The highest BCUT2D eigenvalue weighted by atomic mass is 79.9. The fourth-order valence-corrected chi connectivity index (χ4v) is 1.90. The van der Waals surface area contributed by atoms with E-state index in [1.807, 2.05) is 18.2 Å². The summed E-state index contributed by atoms with van der Waals surface area (Å²) in [7, 11) is 0. The van der Waals surface area contributed by atoms with Crippen molar-refractivity contribution in [1.82, 2.24) is 9.78 Å². The smallest absolute Gasteiger partial charge is 0.360 e. The molecule has 0 aliphatic carbocycles. The van der Waals surface area contributed by atoms with Gasteiger partial charge in [0.2, 0.25) is 11.1 Å². The molecule has 1 heterocycles. The molecule has 0 aliphatic heterocycles. The summed E-state index contributed by atoms with van der Waals surface area (Å²) >= 11 is 3.11. The summed E-state index contributed by atoms with van der Waals surface area (Å²) in [6.07, 6.45) is 0. The second-order valence-corrected chi connectivity index (χ2v) is 4.42. The molecule has 0 fully saturated rings. The van der Waals surface area contributed by atoms with Crippen molar-refractivity contribution in [3.63, 3.8) is 0 Å². The highest BCUT2D eigenvalue weighted by Gasteiger charge is 2.18. The van der Waals surface area contributed by atoms with E-state index < -0.39 is 17.1 Å². The normalized spacial score (nSPS) is 10.3. The molecular formula is C12H9BrN2O3. The van der Waals surface area contributed by atoms with Crippen LogP contribution in [0.2, 0.25) is 0 Å². The number of nitrogens with zero attached hydrogens (tertiary/aromatic N) is 2. The van der Waals surface area contributed by atoms with Crippen molar-refractivity contribution < 1.29 is 9.90 Å². The molecule has 2 aromatic rings. The second-order valence-electron chi connectivity index (χ2n) is 3.63. The van der Waals surface area contributed by atoms with Crippen LogP contribution in [0.25, 0.3) is 5.69 Å². The van der Waals surface area contributed by atoms with Crippen molar-refractivity contribution in [2.45, 2.75) is 6.92 Å². The summed E-state index contributed by atoms with van der Waals surface area (Å²) in [6, 6.07) is 9.02. The summed E-state index contributed by atoms with van der Waals surface area (Å²) < 4.78 is 1.63. The maximum absolute atomic E-state index is 11.7. The van der Waals surface area contributed by atoms with Gasteiger partial charge in [-0.05, 0) is 35.0 Å². The van der Waals surface area contributed by atoms with Gasteiger partial charge in [-0.3, -0.25) is 4.79 Å². The molecule has 0 amide bonds. The van der Waals surface area contributed by atoms with Crippen molar-refractivity contribution in [3.8, 4) is 5.69 Å². The van der Waals surface area contributed by atoms with E-state index in [0.29, 0.717) is 11.4 Å². The number of aromatic nitrogens is 2. The van der Waals surface area contributed by atoms with E-state index in [1.165, 1.54) is 4.68 Å². The van der Waals surface area contributed by atoms with Crippen LogP contribution in [0.1, 0.15) is 16.2 Å². The molecule has 0 aliphatic rings. The van der Waals surface area contributed by atoms with Gasteiger partial charge >= 0.3 is 5.97 Å². The lowest BCUT2D eigenvalue weighted by molar-refractivity contribution is 0.0686. The fraction of sp³-hybridized carbons (Fsp3) is 0.0833. The first kappa shape index (κ1) is 12.5. The zero-order valence-corrected chi connectivity index (χ0v) is 11.0. The lowest BCUT2D eigenvalue weighted by Crippen LogP contribution is -2.24. The molecule has 92 valence electrons. The van der Waals surface area contributed by atoms with E-state index in [-0.39, 0.29) is 4.47 Å². The third-order valence-corrected chi connectivity index (χ3v) is 3.39. The Morgan fingerprint density at radius 1 is 1.33 bits per heavy atom. The van der Waals surface area contributed by atoms with Crippen molar-refractivity contribution in [2.75, 3.05) is 0 Å². The van der Waals surface area contributed by atoms with Crippen LogP contribution in [-0.4, -0.2) is 20.9 Å². The minimum Gasteiger partial charge on any atom is -0.476 e. The largest absolute Gasteiger partial charge is 0.476 e. The SMILES string of the molecule is Cc1c(Br)c(=O)c(C(=O)O)nn1-c1ccccc1. The highest BCUT2D eigenvalue weighted by Crippen LogP contribution is 2.15. The topological polar surface area (TPSA) is 72.2 Å². The first-order chi connectivity index (χ1) is 8.52. The van der Waals surface area contributed by atoms with E-state index >= 15 is 0 Å². The Kier molecular flexibility index (Phi) is 3.29. The molecule has 18 heavy (non-hydrogen) atoms. The molecule has 5 nitrogen and oxygen atoms in total. The molecule has 0 unspecified atom stereocenters. The van der Waals surface area contributed by atoms with Gasteiger partial charge in [-0.2, -0.15) is 5.10 Å². The predicted molar refractivity (Wildman–Crippen MR) is 69.2 cm³/mol. The van der Waals surface area contributed by atoms with Gasteiger partial charge in [-0.25, -0.2) is 9.48 Å². The number of carboxylic acid groups (broad SMARTS) is 1. The Hall–Kier alpha value is -1.95. The number of benzene rings is 1. The number of halogens is 1. The minimum atomic E-state index is -1.34. The van der Waals surface area contributed by atoms with E-state index in [9.17, 15) is 9.59 Å². The van der Waals surface area contributed by atoms with Crippen LogP contribution in [0.15, 0.2) is 39.6 Å². The molecule has 6 heteroatoms. The zero-order valence-electron chi connectivity index (χ0n) is 9.42. The van der Waals surface area contributed by atoms with Crippen molar-refractivity contribution >= 4 is 21.9 Å². The third-order valence-electron chi connectivity index (χ3n) is 2.45. The Bertz CT molecular complexity index is 665. The molecule has 2 rings (SSSR count). The average Bonchev–Trinajstić information content (AvgIpc) is 2.37. The Labute approximate surface area is 111 Å². The predicted octanol–water partition coefficient (Wildman–Crippen LogP) is 2.00. The molecule has 0 atom stereocenters. The van der Waals surface area contributed by atoms with Crippen LogP contribution in [0.4, 0.5) is 0 Å². The number of para-hydroxylation sites is 1. The zero-order chi connectivity index (χ0) is 13.3. The molecule has 1 N–H and O–H groups in total. The number of rotatable bonds is 2. The molecule has 0 radical (unpaired) electrons. The standard InChI is InChI=1S/C12H9BrN2O3/c1-7-9(13)11(16)10(12(17)18)14-15(7)8-5-3-2-4-6-8/h2-6H,1H3,(H,17,18). The van der Waals surface area contributed by atoms with Crippen LogP contribution in [0, 0.1) is 6.92 Å². The quantitative estimate of drug-likeness (QED) is 0.921. The monoisotopic (exact) mass is 308 g/mol. The fourth-order valence-electron chi connectivity index (χ4n) is 1.54. The summed E-state index contributed by atoms with van der Waals surface area (Å²) in [6.45, 7) is 1.69. The Morgan fingerprint density at radius 3 is 2.50 bits per heavy atom. The minimum absolute atomic E-state index is 0.207. The molecule has 0 bridgehead atoms. The van der Waals surface area contributed by atoms with E-state index in [2.05, 4.69) is 21.0 Å². The van der Waals surface area contributed by atoms with Crippen LogP contribution >= 0.6 is 15.9 Å². The molecule has 0 saturated carbocycles. The molecular weight excluding hydrogens is 300 g/mol. The van der Waals surface area contributed by atoms with E-state index in [4.69, 9.17) is 5.11 Å². The number of carboxylic acids is 1. The number of carbonyl (C=O) groups is 1. The molecule has 1 aromatic heterocycles. The second kappa shape index (κ2) is 4.73. The van der Waals surface area contributed by atoms with Crippen molar-refractivity contribution in [2.24, 2.45) is 0 Å². The summed E-state index contributed by atoms with van der Waals surface area (Å²) in [5, 5.41) is 12.8. The average molecular weight is 309 g/mol. The van der Waals surface area contributed by atoms with Gasteiger partial charge in [0, 0.05) is 0 Å². The Balaban J connectivity index is 2.77. The van der Waals surface area contributed by atoms with E-state index in [0.717, 1.165) is 0 Å². The maximum atomic E-state index is 11.7. The summed E-state index contributed by atoms with van der Waals surface area (Å²) in [5.74, 6) is -1.34. The van der Waals surface area contributed by atoms with Gasteiger partial charge in [0.25, 0.3) is 0 Å². The van der Waals surface area contributed by atoms with Gasteiger partial charge in [0.1, 0.15) is 0 Å². The maximum Gasteiger partial charge on any atom is 0.360 e. The molecule has 0 saturated heterocycles. The van der Waals surface area contributed by atoms with Gasteiger partial charge in [-0.15, -0.1) is 0 Å². The number of aromatic carboxylic acids is 1. The molecule has 0 spiro atoms. The first-order valence-corrected chi connectivity index (χ1v) is 5.90. The summed E-state index contributed by atoms with van der Waals surface area (Å²) in [5.41, 5.74) is 0.123. The lowest BCUT2D eigenvalue weighted by atomic mass is 10.3. The van der Waals surface area contributed by atoms with Crippen LogP contribution in [-0.2, 0) is 0 Å². The Morgan fingerprint density at radius 2 is 1.94 bits per heavy atom. The third kappa shape index (κ3) is 2.06. The van der Waals surface area contributed by atoms with Gasteiger partial charge in [-0.1, -0.05) is 18.2 Å². The lowest BCUT2D eigenvalue weighted by Gasteiger charge is -2.11. The first-order valence-electron chi connectivity index (χ1n) is 5.10. The highest BCUT2D eigenvalue weighted by molar-refractivity contribution is 9.10. The number of hydrogen-bond acceptors (Lipinski definition) is 3. The van der Waals surface area contributed by atoms with Crippen LogP contribution in [0.3, 0.4) is 0 Å². The molecule has 1 aromatic carbocycles. The van der Waals surface area contributed by atoms with Crippen LogP contribution in [0.5, 0.6) is 0 Å². The number of hydrogen-bond donors (Lipinski definition) is 1. The van der Waals surface area contributed by atoms with Crippen LogP contribution < -0.4 is 5.43 Å². The van der Waals surface area contributed by atoms with E-state index in [1.54, 1.807) is 19.1 Å². The van der Waals surface area contributed by atoms with Gasteiger partial charge < -0.3 is 5.11 Å². The van der Waals surface area contributed by atoms with Crippen molar-refractivity contribution in [3.05, 3.63) is 56.4 Å². The van der Waals surface area contributed by atoms with Crippen molar-refractivity contribution in [1.29, 1.82) is 0 Å². The van der Waals surface area contributed by atoms with Gasteiger partial charge in [0.05, 0.1) is 15.9 Å².